The van der Waals surface area contributed by atoms with Crippen molar-refractivity contribution in [2.75, 3.05) is 0 Å². The molecule has 1 aromatic carbocycles. The highest BCUT2D eigenvalue weighted by Crippen LogP contribution is 2.30. The number of aryl methyl sites for hydroxylation is 1. The van der Waals surface area contributed by atoms with Crippen LogP contribution >= 0.6 is 0 Å². The Hall–Kier alpha value is -1.84. The maximum absolute atomic E-state index is 12.2. The zero-order valence-electron chi connectivity index (χ0n) is 11.8. The fourth-order valence-corrected chi connectivity index (χ4v) is 2.88. The molecule has 108 valence electrons. The molecule has 0 saturated heterocycles. The van der Waals surface area contributed by atoms with Gasteiger partial charge in [-0.05, 0) is 25.3 Å². The van der Waals surface area contributed by atoms with Gasteiger partial charge in [-0.3, -0.25) is 9.59 Å². The van der Waals surface area contributed by atoms with E-state index >= 15 is 0 Å². The molecule has 1 aliphatic carbocycles. The second kappa shape index (κ2) is 6.55. The van der Waals surface area contributed by atoms with Gasteiger partial charge in [0.25, 0.3) is 0 Å². The number of benzene rings is 1. The number of hydrogen-bond acceptors (Lipinski definition) is 2. The van der Waals surface area contributed by atoms with E-state index in [1.807, 2.05) is 31.2 Å². The number of aliphatic carboxylic acids is 1. The summed E-state index contributed by atoms with van der Waals surface area (Å²) >= 11 is 0. The minimum Gasteiger partial charge on any atom is -0.481 e. The summed E-state index contributed by atoms with van der Waals surface area (Å²) in [5, 5.41) is 12.1. The molecule has 0 radical (unpaired) electrons. The van der Waals surface area contributed by atoms with Gasteiger partial charge in [0.2, 0.25) is 5.91 Å². The maximum Gasteiger partial charge on any atom is 0.307 e. The number of hydrogen-bond donors (Lipinski definition) is 2. The number of nitrogens with one attached hydrogen (secondary N) is 1. The van der Waals surface area contributed by atoms with Crippen LogP contribution in [0, 0.1) is 18.8 Å². The number of carbonyl (C=O) groups is 2. The molecule has 0 heterocycles. The van der Waals surface area contributed by atoms with Crippen LogP contribution in [0.25, 0.3) is 0 Å². The van der Waals surface area contributed by atoms with Gasteiger partial charge in [0.05, 0.1) is 11.8 Å². The molecule has 0 aromatic heterocycles. The summed E-state index contributed by atoms with van der Waals surface area (Å²) in [6, 6.07) is 7.95. The first kappa shape index (κ1) is 14.6. The first-order valence-electron chi connectivity index (χ1n) is 7.14. The molecule has 0 bridgehead atoms. The van der Waals surface area contributed by atoms with Crippen LogP contribution < -0.4 is 5.32 Å². The Kier molecular flexibility index (Phi) is 4.77. The molecule has 1 amide bonds. The Morgan fingerprint density at radius 2 is 1.95 bits per heavy atom. The van der Waals surface area contributed by atoms with Crippen molar-refractivity contribution in [3.05, 3.63) is 35.4 Å². The first-order chi connectivity index (χ1) is 9.58. The van der Waals surface area contributed by atoms with Crippen molar-refractivity contribution in [1.29, 1.82) is 0 Å². The van der Waals surface area contributed by atoms with E-state index in [0.717, 1.165) is 24.0 Å². The molecule has 1 fully saturated rings. The summed E-state index contributed by atoms with van der Waals surface area (Å²) in [7, 11) is 0. The van der Waals surface area contributed by atoms with Gasteiger partial charge < -0.3 is 10.4 Å². The van der Waals surface area contributed by atoms with E-state index < -0.39 is 11.9 Å². The van der Waals surface area contributed by atoms with Gasteiger partial charge in [0.1, 0.15) is 0 Å². The minimum atomic E-state index is -0.847. The molecule has 20 heavy (non-hydrogen) atoms. The second-order valence-corrected chi connectivity index (χ2v) is 5.54. The van der Waals surface area contributed by atoms with Gasteiger partial charge in [0, 0.05) is 6.54 Å². The topological polar surface area (TPSA) is 66.4 Å². The van der Waals surface area contributed by atoms with E-state index in [9.17, 15) is 14.7 Å². The minimum absolute atomic E-state index is 0.126. The van der Waals surface area contributed by atoms with Crippen LogP contribution in [-0.2, 0) is 16.1 Å². The Labute approximate surface area is 119 Å². The normalized spacial score (nSPS) is 22.2. The second-order valence-electron chi connectivity index (χ2n) is 5.54. The fraction of sp³-hybridized carbons (Fsp3) is 0.500. The van der Waals surface area contributed by atoms with Gasteiger partial charge in [-0.25, -0.2) is 0 Å². The predicted octanol–water partition coefficient (Wildman–Crippen LogP) is 2.50. The summed E-state index contributed by atoms with van der Waals surface area (Å²) in [6.45, 7) is 2.47. The van der Waals surface area contributed by atoms with E-state index in [1.165, 1.54) is 0 Å². The van der Waals surface area contributed by atoms with E-state index in [2.05, 4.69) is 5.32 Å². The molecule has 2 rings (SSSR count). The Morgan fingerprint density at radius 3 is 2.60 bits per heavy atom. The predicted molar refractivity (Wildman–Crippen MR) is 76.1 cm³/mol. The molecule has 1 saturated carbocycles. The highest BCUT2D eigenvalue weighted by atomic mass is 16.4. The number of amides is 1. The van der Waals surface area contributed by atoms with Crippen molar-refractivity contribution in [3.63, 3.8) is 0 Å². The molecule has 4 nitrogen and oxygen atoms in total. The SMILES string of the molecule is Cc1cccc(CNC(=O)C2CCCCC2C(=O)O)c1. The van der Waals surface area contributed by atoms with Crippen LogP contribution in [0.3, 0.4) is 0 Å². The molecular weight excluding hydrogens is 254 g/mol. The summed E-state index contributed by atoms with van der Waals surface area (Å²) in [6.07, 6.45) is 3.12. The van der Waals surface area contributed by atoms with Crippen LogP contribution in [0.2, 0.25) is 0 Å². The smallest absolute Gasteiger partial charge is 0.307 e. The molecule has 2 atom stereocenters. The Bertz CT molecular complexity index is 498. The largest absolute Gasteiger partial charge is 0.481 e. The van der Waals surface area contributed by atoms with Crippen molar-refractivity contribution in [2.45, 2.75) is 39.2 Å². The Morgan fingerprint density at radius 1 is 1.25 bits per heavy atom. The number of rotatable bonds is 4. The van der Waals surface area contributed by atoms with Crippen molar-refractivity contribution in [3.8, 4) is 0 Å². The summed E-state index contributed by atoms with van der Waals surface area (Å²) < 4.78 is 0. The summed E-state index contributed by atoms with van der Waals surface area (Å²) in [4.78, 5) is 23.4. The Balaban J connectivity index is 1.95. The lowest BCUT2D eigenvalue weighted by atomic mass is 9.78. The van der Waals surface area contributed by atoms with Crippen molar-refractivity contribution >= 4 is 11.9 Å². The van der Waals surface area contributed by atoms with Crippen LogP contribution in [0.5, 0.6) is 0 Å². The highest BCUT2D eigenvalue weighted by molar-refractivity contribution is 5.84. The molecule has 0 spiro atoms. The van der Waals surface area contributed by atoms with Crippen molar-refractivity contribution in [1.82, 2.24) is 5.32 Å². The van der Waals surface area contributed by atoms with Gasteiger partial charge >= 0.3 is 5.97 Å². The van der Waals surface area contributed by atoms with Crippen molar-refractivity contribution < 1.29 is 14.7 Å². The van der Waals surface area contributed by atoms with E-state index in [4.69, 9.17) is 0 Å². The number of carboxylic acid groups (broad SMARTS) is 1. The molecule has 2 N–H and O–H groups in total. The van der Waals surface area contributed by atoms with E-state index in [0.29, 0.717) is 19.4 Å². The first-order valence-corrected chi connectivity index (χ1v) is 7.14. The van der Waals surface area contributed by atoms with Gasteiger partial charge in [-0.1, -0.05) is 42.7 Å². The van der Waals surface area contributed by atoms with Gasteiger partial charge in [-0.2, -0.15) is 0 Å². The lowest BCUT2D eigenvalue weighted by molar-refractivity contribution is -0.148. The fourth-order valence-electron chi connectivity index (χ4n) is 2.88. The third-order valence-corrected chi connectivity index (χ3v) is 3.97. The van der Waals surface area contributed by atoms with Crippen molar-refractivity contribution in [2.24, 2.45) is 11.8 Å². The lowest BCUT2D eigenvalue weighted by Gasteiger charge is -2.27. The molecule has 0 aliphatic heterocycles. The molecular formula is C16H21NO3. The number of carboxylic acids is 1. The van der Waals surface area contributed by atoms with Gasteiger partial charge in [0.15, 0.2) is 0 Å². The number of carbonyl (C=O) groups excluding carboxylic acids is 1. The quantitative estimate of drug-likeness (QED) is 0.887. The van der Waals surface area contributed by atoms with Crippen LogP contribution in [-0.4, -0.2) is 17.0 Å². The maximum atomic E-state index is 12.2. The zero-order valence-corrected chi connectivity index (χ0v) is 11.8. The third-order valence-electron chi connectivity index (χ3n) is 3.97. The lowest BCUT2D eigenvalue weighted by Crippen LogP contribution is -2.39. The monoisotopic (exact) mass is 275 g/mol. The molecule has 4 heteroatoms. The average Bonchev–Trinajstić information content (AvgIpc) is 2.45. The molecule has 1 aliphatic rings. The standard InChI is InChI=1S/C16H21NO3/c1-11-5-4-6-12(9-11)10-17-15(18)13-7-2-3-8-14(13)16(19)20/h4-6,9,13-14H,2-3,7-8,10H2,1H3,(H,17,18)(H,19,20). The highest BCUT2D eigenvalue weighted by Gasteiger charge is 2.35. The van der Waals surface area contributed by atoms with E-state index in [-0.39, 0.29) is 11.8 Å². The summed E-state index contributed by atoms with van der Waals surface area (Å²) in [5.41, 5.74) is 2.19. The molecule has 1 aromatic rings. The summed E-state index contributed by atoms with van der Waals surface area (Å²) in [5.74, 6) is -1.88. The third kappa shape index (κ3) is 3.59. The van der Waals surface area contributed by atoms with Crippen LogP contribution in [0.4, 0.5) is 0 Å². The van der Waals surface area contributed by atoms with E-state index in [1.54, 1.807) is 0 Å². The van der Waals surface area contributed by atoms with Crippen LogP contribution in [0.1, 0.15) is 36.8 Å². The zero-order chi connectivity index (χ0) is 14.5. The van der Waals surface area contributed by atoms with Crippen LogP contribution in [0.15, 0.2) is 24.3 Å². The van der Waals surface area contributed by atoms with Gasteiger partial charge in [-0.15, -0.1) is 0 Å². The molecule has 2 unspecified atom stereocenters. The average molecular weight is 275 g/mol.